The van der Waals surface area contributed by atoms with E-state index in [-0.39, 0.29) is 18.1 Å². The normalized spacial score (nSPS) is 14.4. The number of carbonyl (C=O) groups excluding carboxylic acids is 1. The van der Waals surface area contributed by atoms with E-state index >= 15 is 0 Å². The minimum atomic E-state index is -1.15. The number of amides is 2. The van der Waals surface area contributed by atoms with Crippen molar-refractivity contribution in [1.82, 2.24) is 14.4 Å². The molecule has 0 radical (unpaired) electrons. The van der Waals surface area contributed by atoms with Gasteiger partial charge in [0.1, 0.15) is 11.8 Å². The molecule has 7 heteroatoms. The van der Waals surface area contributed by atoms with Crippen LogP contribution in [0.1, 0.15) is 11.3 Å². The molecule has 1 atom stereocenters. The number of para-hydroxylation sites is 1. The first-order valence-electron chi connectivity index (χ1n) is 9.53. The maximum atomic E-state index is 13.3. The Labute approximate surface area is 168 Å². The summed E-state index contributed by atoms with van der Waals surface area (Å²) in [6.45, 7) is 1.66. The van der Waals surface area contributed by atoms with Crippen LogP contribution in [0.2, 0.25) is 0 Å². The molecule has 0 fully saturated rings. The third-order valence-electron chi connectivity index (χ3n) is 5.57. The molecular weight excluding hydrogens is 370 g/mol. The first kappa shape index (κ1) is 18.9. The Morgan fingerprint density at radius 1 is 1.10 bits per heavy atom. The zero-order chi connectivity index (χ0) is 20.5. The number of aromatic nitrogens is 1. The number of phenols is 1. The van der Waals surface area contributed by atoms with Gasteiger partial charge < -0.3 is 19.7 Å². The maximum absolute atomic E-state index is 13.3. The lowest BCUT2D eigenvalue weighted by Gasteiger charge is -2.34. The fourth-order valence-corrected chi connectivity index (χ4v) is 3.94. The molecule has 0 bridgehead atoms. The van der Waals surface area contributed by atoms with Gasteiger partial charge in [0.2, 0.25) is 5.91 Å². The number of benzene rings is 2. The molecule has 4 rings (SSSR count). The van der Waals surface area contributed by atoms with Crippen LogP contribution in [0.15, 0.2) is 54.6 Å². The number of hydrogen-bond acceptors (Lipinski definition) is 3. The summed E-state index contributed by atoms with van der Waals surface area (Å²) in [6.07, 6.45) is -0.894. The van der Waals surface area contributed by atoms with E-state index in [1.165, 1.54) is 19.2 Å². The lowest BCUT2D eigenvalue weighted by atomic mass is 10.0. The zero-order valence-corrected chi connectivity index (χ0v) is 16.2. The number of fused-ring (bicyclic) bond motifs is 3. The number of likely N-dealkylation sites (N-methyl/N-ethyl adjacent to an activating group) is 1. The minimum absolute atomic E-state index is 0.132. The molecule has 7 nitrogen and oxygen atoms in total. The second-order valence-electron chi connectivity index (χ2n) is 7.39. The number of nitrogens with zero attached hydrogens (tertiary/aromatic N) is 3. The number of phenolic OH excluding ortho intramolecular Hbond substituents is 1. The molecule has 1 aromatic heterocycles. The fourth-order valence-electron chi connectivity index (χ4n) is 3.94. The van der Waals surface area contributed by atoms with Gasteiger partial charge in [-0.3, -0.25) is 9.69 Å². The van der Waals surface area contributed by atoms with Gasteiger partial charge in [-0.2, -0.15) is 0 Å². The predicted molar refractivity (Wildman–Crippen MR) is 109 cm³/mol. The SMILES string of the molecule is CN(C(=O)O)C(Cc1ccc(O)cc1)C(=O)N1CCn2c(cc3ccccc32)C1. The van der Waals surface area contributed by atoms with Gasteiger partial charge in [0.15, 0.2) is 0 Å². The number of carboxylic acid groups (broad SMARTS) is 1. The molecule has 1 unspecified atom stereocenters. The first-order valence-corrected chi connectivity index (χ1v) is 9.53. The minimum Gasteiger partial charge on any atom is -0.508 e. The highest BCUT2D eigenvalue weighted by Crippen LogP contribution is 2.25. The van der Waals surface area contributed by atoms with Gasteiger partial charge in [0, 0.05) is 37.8 Å². The van der Waals surface area contributed by atoms with Crippen molar-refractivity contribution < 1.29 is 19.8 Å². The third kappa shape index (κ3) is 3.63. The summed E-state index contributed by atoms with van der Waals surface area (Å²) in [7, 11) is 1.42. The van der Waals surface area contributed by atoms with E-state index < -0.39 is 12.1 Å². The van der Waals surface area contributed by atoms with Gasteiger partial charge in [0.05, 0.1) is 6.54 Å². The molecule has 0 spiro atoms. The molecule has 2 amide bonds. The van der Waals surface area contributed by atoms with E-state index in [2.05, 4.69) is 22.8 Å². The second kappa shape index (κ2) is 7.50. The summed E-state index contributed by atoms with van der Waals surface area (Å²) < 4.78 is 2.22. The molecule has 0 saturated carbocycles. The Morgan fingerprint density at radius 3 is 2.55 bits per heavy atom. The van der Waals surface area contributed by atoms with E-state index in [9.17, 15) is 19.8 Å². The summed E-state index contributed by atoms with van der Waals surface area (Å²) in [5, 5.41) is 20.1. The van der Waals surface area contributed by atoms with Crippen LogP contribution in [0.25, 0.3) is 10.9 Å². The molecular formula is C22H23N3O4. The summed E-state index contributed by atoms with van der Waals surface area (Å²) in [6, 6.07) is 15.9. The van der Waals surface area contributed by atoms with Crippen LogP contribution >= 0.6 is 0 Å². The zero-order valence-electron chi connectivity index (χ0n) is 16.2. The van der Waals surface area contributed by atoms with Crippen molar-refractivity contribution in [3.8, 4) is 5.75 Å². The van der Waals surface area contributed by atoms with E-state index in [1.807, 2.05) is 12.1 Å². The molecule has 29 heavy (non-hydrogen) atoms. The van der Waals surface area contributed by atoms with Crippen molar-refractivity contribution in [3.05, 3.63) is 65.9 Å². The molecule has 2 N–H and O–H groups in total. The van der Waals surface area contributed by atoms with Crippen molar-refractivity contribution in [3.63, 3.8) is 0 Å². The number of aromatic hydroxyl groups is 1. The quantitative estimate of drug-likeness (QED) is 0.714. The highest BCUT2D eigenvalue weighted by Gasteiger charge is 2.32. The van der Waals surface area contributed by atoms with E-state index in [4.69, 9.17) is 0 Å². The molecule has 150 valence electrons. The Bertz CT molecular complexity index is 1060. The number of rotatable bonds is 4. The van der Waals surface area contributed by atoms with Crippen molar-refractivity contribution in [2.75, 3.05) is 13.6 Å². The predicted octanol–water partition coefficient (Wildman–Crippen LogP) is 2.91. The number of carbonyl (C=O) groups is 2. The summed E-state index contributed by atoms with van der Waals surface area (Å²) in [5.74, 6) is -0.0773. The monoisotopic (exact) mass is 393 g/mol. The number of hydrogen-bond donors (Lipinski definition) is 2. The van der Waals surface area contributed by atoms with Gasteiger partial charge >= 0.3 is 6.09 Å². The fraction of sp³-hybridized carbons (Fsp3) is 0.273. The van der Waals surface area contributed by atoms with Crippen LogP contribution in [0, 0.1) is 0 Å². The molecule has 2 heterocycles. The van der Waals surface area contributed by atoms with Crippen LogP contribution in [0.3, 0.4) is 0 Å². The Morgan fingerprint density at radius 2 is 1.83 bits per heavy atom. The van der Waals surface area contributed by atoms with Crippen LogP contribution in [-0.2, 0) is 24.3 Å². The Hall–Kier alpha value is -3.48. The van der Waals surface area contributed by atoms with Crippen LogP contribution in [-0.4, -0.2) is 56.2 Å². The van der Waals surface area contributed by atoms with E-state index in [0.29, 0.717) is 19.6 Å². The van der Waals surface area contributed by atoms with Gasteiger partial charge in [-0.25, -0.2) is 4.79 Å². The highest BCUT2D eigenvalue weighted by molar-refractivity contribution is 5.86. The third-order valence-corrected chi connectivity index (χ3v) is 5.57. The average Bonchev–Trinajstić information content (AvgIpc) is 3.10. The smallest absolute Gasteiger partial charge is 0.407 e. The summed E-state index contributed by atoms with van der Waals surface area (Å²) >= 11 is 0. The summed E-state index contributed by atoms with van der Waals surface area (Å²) in [4.78, 5) is 27.7. The van der Waals surface area contributed by atoms with Crippen LogP contribution in [0.5, 0.6) is 5.75 Å². The highest BCUT2D eigenvalue weighted by atomic mass is 16.4. The van der Waals surface area contributed by atoms with Crippen molar-refractivity contribution in [1.29, 1.82) is 0 Å². The lowest BCUT2D eigenvalue weighted by Crippen LogP contribution is -2.51. The largest absolute Gasteiger partial charge is 0.508 e. The maximum Gasteiger partial charge on any atom is 0.407 e. The van der Waals surface area contributed by atoms with E-state index in [0.717, 1.165) is 27.1 Å². The lowest BCUT2D eigenvalue weighted by molar-refractivity contribution is -0.137. The molecule has 1 aliphatic heterocycles. The van der Waals surface area contributed by atoms with Gasteiger partial charge in [0.25, 0.3) is 0 Å². The van der Waals surface area contributed by atoms with Crippen molar-refractivity contribution in [2.24, 2.45) is 0 Å². The van der Waals surface area contributed by atoms with Crippen LogP contribution in [0.4, 0.5) is 4.79 Å². The Balaban J connectivity index is 1.58. The molecule has 3 aromatic rings. The molecule has 2 aromatic carbocycles. The van der Waals surface area contributed by atoms with Crippen LogP contribution < -0.4 is 0 Å². The second-order valence-corrected chi connectivity index (χ2v) is 7.39. The van der Waals surface area contributed by atoms with Gasteiger partial charge in [-0.15, -0.1) is 0 Å². The average molecular weight is 393 g/mol. The Kier molecular flexibility index (Phi) is 4.88. The molecule has 0 aliphatic carbocycles. The van der Waals surface area contributed by atoms with Crippen molar-refractivity contribution >= 4 is 22.9 Å². The summed E-state index contributed by atoms with van der Waals surface area (Å²) in [5.41, 5.74) is 2.99. The molecule has 1 aliphatic rings. The standard InChI is InChI=1S/C22H23N3O4/c1-23(22(28)29)20(12-15-6-8-18(26)9-7-15)21(27)24-10-11-25-17(14-24)13-16-4-2-3-5-19(16)25/h2-9,13,20,26H,10-12,14H2,1H3,(H,28,29). The molecule has 0 saturated heterocycles. The topological polar surface area (TPSA) is 86.0 Å². The van der Waals surface area contributed by atoms with Crippen molar-refractivity contribution in [2.45, 2.75) is 25.6 Å². The van der Waals surface area contributed by atoms with Gasteiger partial charge in [-0.1, -0.05) is 30.3 Å². The van der Waals surface area contributed by atoms with E-state index in [1.54, 1.807) is 17.0 Å². The first-order chi connectivity index (χ1) is 13.9. The van der Waals surface area contributed by atoms with Gasteiger partial charge in [-0.05, 0) is 35.2 Å².